The molecule has 1 aliphatic rings. The van der Waals surface area contributed by atoms with Crippen LogP contribution in [0.3, 0.4) is 0 Å². The molecule has 1 fully saturated rings. The molecule has 1 aliphatic heterocycles. The van der Waals surface area contributed by atoms with Crippen molar-refractivity contribution in [1.29, 1.82) is 0 Å². The lowest BCUT2D eigenvalue weighted by atomic mass is 10.3. The maximum atomic E-state index is 11.4. The zero-order valence-electron chi connectivity index (χ0n) is 7.75. The Morgan fingerprint density at radius 3 is 2.87 bits per heavy atom. The molecular weight excluding hydrogens is 218 g/mol. The number of nitrogens with zero attached hydrogens (tertiary/aromatic N) is 2. The Bertz CT molecular complexity index is 471. The number of pyridine rings is 1. The highest BCUT2D eigenvalue weighted by Crippen LogP contribution is 2.10. The summed E-state index contributed by atoms with van der Waals surface area (Å²) in [6, 6.07) is 3.47. The third kappa shape index (κ3) is 2.13. The zero-order valence-corrected chi connectivity index (χ0v) is 8.57. The van der Waals surface area contributed by atoms with Crippen LogP contribution < -0.4 is 4.72 Å². The van der Waals surface area contributed by atoms with Gasteiger partial charge in [0.25, 0.3) is 0 Å². The van der Waals surface area contributed by atoms with Gasteiger partial charge in [-0.25, -0.2) is 4.72 Å². The second-order valence-corrected chi connectivity index (χ2v) is 4.83. The fourth-order valence-corrected chi connectivity index (χ4v) is 2.41. The fourth-order valence-electron chi connectivity index (χ4n) is 1.32. The number of hydrogen-bond donors (Lipinski definition) is 1. The highest BCUT2D eigenvalue weighted by molar-refractivity contribution is 7.88. The Labute approximate surface area is 87.1 Å². The van der Waals surface area contributed by atoms with Crippen molar-refractivity contribution in [3.8, 4) is 0 Å². The molecule has 0 atom stereocenters. The van der Waals surface area contributed by atoms with Crippen LogP contribution in [0.5, 0.6) is 0 Å². The molecule has 0 spiro atoms. The summed E-state index contributed by atoms with van der Waals surface area (Å²) in [5.41, 5.74) is 0.748. The van der Waals surface area contributed by atoms with Crippen molar-refractivity contribution in [1.82, 2.24) is 14.0 Å². The van der Waals surface area contributed by atoms with E-state index in [9.17, 15) is 13.2 Å². The highest BCUT2D eigenvalue weighted by Gasteiger charge is 2.33. The predicted octanol–water partition coefficient (Wildman–Crippen LogP) is -0.742. The van der Waals surface area contributed by atoms with Crippen LogP contribution >= 0.6 is 0 Å². The molecule has 1 amide bonds. The van der Waals surface area contributed by atoms with Gasteiger partial charge in [0.05, 0.1) is 6.54 Å². The average Bonchev–Trinajstić information content (AvgIpc) is 2.41. The lowest BCUT2D eigenvalue weighted by molar-refractivity contribution is -0.118. The lowest BCUT2D eigenvalue weighted by Gasteiger charge is -2.11. The van der Waals surface area contributed by atoms with Crippen LogP contribution in [0.1, 0.15) is 5.56 Å². The fraction of sp³-hybridized carbons (Fsp3) is 0.250. The van der Waals surface area contributed by atoms with Crippen molar-refractivity contribution in [3.05, 3.63) is 30.1 Å². The maximum Gasteiger partial charge on any atom is 0.304 e. The molecular formula is C8H9N3O3S. The smallest absolute Gasteiger partial charge is 0.272 e. The van der Waals surface area contributed by atoms with Crippen molar-refractivity contribution >= 4 is 16.1 Å². The van der Waals surface area contributed by atoms with Gasteiger partial charge in [-0.1, -0.05) is 6.07 Å². The number of hydrogen-bond acceptors (Lipinski definition) is 4. The van der Waals surface area contributed by atoms with Gasteiger partial charge in [-0.05, 0) is 11.6 Å². The van der Waals surface area contributed by atoms with E-state index < -0.39 is 16.1 Å². The minimum atomic E-state index is -3.63. The number of aromatic nitrogens is 1. The van der Waals surface area contributed by atoms with E-state index in [1.54, 1.807) is 24.5 Å². The molecule has 80 valence electrons. The summed E-state index contributed by atoms with van der Waals surface area (Å²) >= 11 is 0. The Morgan fingerprint density at radius 1 is 1.53 bits per heavy atom. The Hall–Kier alpha value is -1.47. The number of amides is 1. The average molecular weight is 227 g/mol. The largest absolute Gasteiger partial charge is 0.304 e. The zero-order chi connectivity index (χ0) is 10.9. The number of carbonyl (C=O) groups excluding carboxylic acids is 1. The molecule has 7 heteroatoms. The highest BCUT2D eigenvalue weighted by atomic mass is 32.2. The van der Waals surface area contributed by atoms with Crippen LogP contribution in [-0.2, 0) is 21.5 Å². The van der Waals surface area contributed by atoms with E-state index in [4.69, 9.17) is 0 Å². The minimum Gasteiger partial charge on any atom is -0.272 e. The van der Waals surface area contributed by atoms with Crippen molar-refractivity contribution in [2.45, 2.75) is 6.54 Å². The van der Waals surface area contributed by atoms with Gasteiger partial charge in [-0.3, -0.25) is 9.78 Å². The van der Waals surface area contributed by atoms with E-state index in [-0.39, 0.29) is 13.1 Å². The van der Waals surface area contributed by atoms with Crippen molar-refractivity contribution in [3.63, 3.8) is 0 Å². The summed E-state index contributed by atoms with van der Waals surface area (Å²) < 4.78 is 25.7. The molecule has 1 N–H and O–H groups in total. The molecule has 1 aromatic heterocycles. The first kappa shape index (κ1) is 10.1. The van der Waals surface area contributed by atoms with Gasteiger partial charge < -0.3 is 0 Å². The Balaban J connectivity index is 2.17. The van der Waals surface area contributed by atoms with E-state index in [1.165, 1.54) is 0 Å². The molecule has 2 rings (SSSR count). The molecule has 15 heavy (non-hydrogen) atoms. The number of nitrogens with one attached hydrogen (secondary N) is 1. The molecule has 0 radical (unpaired) electrons. The Kier molecular flexibility index (Phi) is 2.41. The molecule has 6 nitrogen and oxygen atoms in total. The molecule has 1 aromatic rings. The standard InChI is InChI=1S/C8H9N3O3S/c12-8-6-11(15(13,14)10-8)5-7-2-1-3-9-4-7/h1-4H,5-6H2,(H,10,12). The van der Waals surface area contributed by atoms with E-state index in [2.05, 4.69) is 4.98 Å². The molecule has 2 heterocycles. The lowest BCUT2D eigenvalue weighted by Crippen LogP contribution is -2.29. The van der Waals surface area contributed by atoms with Gasteiger partial charge in [0.2, 0.25) is 5.91 Å². The monoisotopic (exact) mass is 227 g/mol. The summed E-state index contributed by atoms with van der Waals surface area (Å²) in [6.45, 7) is 0.0339. The van der Waals surface area contributed by atoms with Gasteiger partial charge >= 0.3 is 10.2 Å². The van der Waals surface area contributed by atoms with Crippen molar-refractivity contribution in [2.24, 2.45) is 0 Å². The van der Waals surface area contributed by atoms with Gasteiger partial charge in [-0.15, -0.1) is 0 Å². The third-order valence-corrected chi connectivity index (χ3v) is 3.41. The normalized spacial score (nSPS) is 20.1. The second kappa shape index (κ2) is 3.59. The van der Waals surface area contributed by atoms with Gasteiger partial charge in [0.15, 0.2) is 0 Å². The molecule has 0 bridgehead atoms. The van der Waals surface area contributed by atoms with Crippen LogP contribution in [0, 0.1) is 0 Å². The summed E-state index contributed by atoms with van der Waals surface area (Å²) in [4.78, 5) is 14.8. The summed E-state index contributed by atoms with van der Waals surface area (Å²) in [7, 11) is -3.63. The topological polar surface area (TPSA) is 79.4 Å². The minimum absolute atomic E-state index is 0.128. The van der Waals surface area contributed by atoms with Crippen LogP contribution in [0.4, 0.5) is 0 Å². The quantitative estimate of drug-likeness (QED) is 0.721. The third-order valence-electron chi connectivity index (χ3n) is 1.98. The number of carbonyl (C=O) groups is 1. The molecule has 1 saturated heterocycles. The van der Waals surface area contributed by atoms with Crippen LogP contribution in [0.25, 0.3) is 0 Å². The van der Waals surface area contributed by atoms with Gasteiger partial charge in [-0.2, -0.15) is 12.7 Å². The maximum absolute atomic E-state index is 11.4. The van der Waals surface area contributed by atoms with E-state index in [0.29, 0.717) is 0 Å². The SMILES string of the molecule is O=C1CN(Cc2cccnc2)S(=O)(=O)N1. The molecule has 0 unspecified atom stereocenters. The molecule has 0 aliphatic carbocycles. The second-order valence-electron chi connectivity index (χ2n) is 3.16. The first-order chi connectivity index (χ1) is 7.08. The molecule has 0 aromatic carbocycles. The van der Waals surface area contributed by atoms with Crippen LogP contribution in [0.15, 0.2) is 24.5 Å². The van der Waals surface area contributed by atoms with E-state index in [1.807, 2.05) is 4.72 Å². The summed E-state index contributed by atoms with van der Waals surface area (Å²) in [5.74, 6) is -0.501. The summed E-state index contributed by atoms with van der Waals surface area (Å²) in [6.07, 6.45) is 3.17. The van der Waals surface area contributed by atoms with Crippen LogP contribution in [-0.4, -0.2) is 30.2 Å². The summed E-state index contributed by atoms with van der Waals surface area (Å²) in [5, 5.41) is 0. The van der Waals surface area contributed by atoms with Gasteiger partial charge in [0, 0.05) is 18.9 Å². The first-order valence-corrected chi connectivity index (χ1v) is 5.71. The van der Waals surface area contributed by atoms with E-state index in [0.717, 1.165) is 9.87 Å². The number of rotatable bonds is 2. The van der Waals surface area contributed by atoms with E-state index >= 15 is 0 Å². The molecule has 0 saturated carbocycles. The van der Waals surface area contributed by atoms with Crippen LogP contribution in [0.2, 0.25) is 0 Å². The van der Waals surface area contributed by atoms with Crippen molar-refractivity contribution < 1.29 is 13.2 Å². The first-order valence-electron chi connectivity index (χ1n) is 4.27. The predicted molar refractivity (Wildman–Crippen MR) is 51.7 cm³/mol. The van der Waals surface area contributed by atoms with Crippen molar-refractivity contribution in [2.75, 3.05) is 6.54 Å². The Morgan fingerprint density at radius 2 is 2.33 bits per heavy atom. The van der Waals surface area contributed by atoms with Gasteiger partial charge in [0.1, 0.15) is 0 Å².